The summed E-state index contributed by atoms with van der Waals surface area (Å²) in [6, 6.07) is 1.39. The summed E-state index contributed by atoms with van der Waals surface area (Å²) < 4.78 is 68.8. The summed E-state index contributed by atoms with van der Waals surface area (Å²) in [6.07, 6.45) is -7.85. The number of carboxylic acids is 1. The highest BCUT2D eigenvalue weighted by molar-refractivity contribution is 7.61. The van der Waals surface area contributed by atoms with Crippen molar-refractivity contribution in [3.63, 3.8) is 0 Å². The Bertz CT molecular complexity index is 1920. The molecule has 0 saturated carbocycles. The van der Waals surface area contributed by atoms with E-state index in [1.54, 1.807) is 0 Å². The molecule has 2 aliphatic rings. The second-order valence-electron chi connectivity index (χ2n) is 11.4. The Kier molecular flexibility index (Phi) is 12.3. The highest BCUT2D eigenvalue weighted by Crippen LogP contribution is 2.61. The van der Waals surface area contributed by atoms with E-state index in [1.807, 2.05) is 0 Å². The lowest BCUT2D eigenvalue weighted by atomic mass is 10.1. The summed E-state index contributed by atoms with van der Waals surface area (Å²) in [5.74, 6) is -1.35. The molecular weight excluding hydrogens is 767 g/mol. The smallest absolute Gasteiger partial charge is 0.477 e. The molecule has 0 aliphatic carbocycles. The molecule has 28 heteroatoms. The standard InChI is InChI=1S/C24H34N7O18P3/c25-3-1-2-11-4-12(24(35)36)6-30(5-11)22-18(34)16(32)13(46-22)7-44-51(40,41)49-52(42,43)45-8-14-17(33)19(48-50(37,38)39)23(47-14)31-10-29-15-20(26)27-9-28-21(15)31/h4-6,9-10,13-14,16-19,22-23,32-34H,1-3,7-8,25H2,(H6-,26,27,28,35,36,37,38,39,40,41,42,43)/p+1/t13-,14+,16-,17+,18-,19+,22-,23+/m0/s1. The van der Waals surface area contributed by atoms with Gasteiger partial charge in [-0.25, -0.2) is 33.4 Å². The van der Waals surface area contributed by atoms with Gasteiger partial charge >= 0.3 is 29.4 Å². The minimum atomic E-state index is -5.56. The molecule has 2 saturated heterocycles. The normalized spacial score (nSPS) is 28.9. The minimum absolute atomic E-state index is 0.00468. The van der Waals surface area contributed by atoms with Gasteiger partial charge in [0.1, 0.15) is 47.9 Å². The molecular formula is C24H35N7O18P3+. The highest BCUT2D eigenvalue weighted by atomic mass is 31.3. The number of nitrogens with two attached hydrogens (primary N) is 2. The number of nitrogen functional groups attached to an aromatic ring is 1. The van der Waals surface area contributed by atoms with E-state index in [1.165, 1.54) is 16.8 Å². The lowest BCUT2D eigenvalue weighted by molar-refractivity contribution is -0.766. The average molecular weight is 802 g/mol. The van der Waals surface area contributed by atoms with Crippen molar-refractivity contribution in [3.8, 4) is 0 Å². The summed E-state index contributed by atoms with van der Waals surface area (Å²) in [7, 11) is -16.4. The van der Waals surface area contributed by atoms with Crippen molar-refractivity contribution in [1.82, 2.24) is 19.5 Å². The number of aliphatic hydroxyl groups is 3. The van der Waals surface area contributed by atoms with Crippen molar-refractivity contribution in [3.05, 3.63) is 42.2 Å². The van der Waals surface area contributed by atoms with Crippen LogP contribution in [0.3, 0.4) is 0 Å². The fourth-order valence-electron chi connectivity index (χ4n) is 5.40. The molecule has 52 heavy (non-hydrogen) atoms. The fourth-order valence-corrected chi connectivity index (χ4v) is 8.04. The maximum Gasteiger partial charge on any atom is 0.481 e. The summed E-state index contributed by atoms with van der Waals surface area (Å²) in [5.41, 5.74) is 11.7. The van der Waals surface area contributed by atoms with Crippen LogP contribution in [0.4, 0.5) is 5.82 Å². The number of nitrogens with zero attached hydrogens (tertiary/aromatic N) is 5. The number of carbonyl (C=O) groups is 1. The molecule has 5 rings (SSSR count). The van der Waals surface area contributed by atoms with Crippen molar-refractivity contribution in [2.75, 3.05) is 25.5 Å². The first-order valence-electron chi connectivity index (χ1n) is 15.0. The van der Waals surface area contributed by atoms with Gasteiger partial charge in [-0.15, -0.1) is 0 Å². The Morgan fingerprint density at radius 1 is 0.942 bits per heavy atom. The zero-order valence-electron chi connectivity index (χ0n) is 26.4. The minimum Gasteiger partial charge on any atom is -0.477 e. The number of fused-ring (bicyclic) bond motifs is 1. The Balaban J connectivity index is 1.21. The molecule has 0 spiro atoms. The van der Waals surface area contributed by atoms with E-state index in [0.29, 0.717) is 24.9 Å². The second kappa shape index (κ2) is 15.8. The van der Waals surface area contributed by atoms with Crippen LogP contribution in [-0.4, -0.2) is 122 Å². The largest absolute Gasteiger partial charge is 0.481 e. The van der Waals surface area contributed by atoms with Gasteiger partial charge in [-0.3, -0.25) is 18.1 Å². The van der Waals surface area contributed by atoms with Crippen LogP contribution in [-0.2, 0) is 47.5 Å². The monoisotopic (exact) mass is 802 g/mol. The van der Waals surface area contributed by atoms with E-state index in [-0.39, 0.29) is 22.5 Å². The predicted molar refractivity (Wildman–Crippen MR) is 166 cm³/mol. The first-order chi connectivity index (χ1) is 24.3. The molecule has 2 aliphatic heterocycles. The van der Waals surface area contributed by atoms with E-state index >= 15 is 0 Å². The number of imidazole rings is 1. The number of rotatable bonds is 16. The third kappa shape index (κ3) is 9.42. The average Bonchev–Trinajstić information content (AvgIpc) is 3.71. The van der Waals surface area contributed by atoms with Crippen LogP contribution in [0.2, 0.25) is 0 Å². The molecule has 0 radical (unpaired) electrons. The predicted octanol–water partition coefficient (Wildman–Crippen LogP) is -2.41. The molecule has 2 unspecified atom stereocenters. The summed E-state index contributed by atoms with van der Waals surface area (Å²) in [5, 5.41) is 41.4. The number of aliphatic hydroxyl groups excluding tert-OH is 3. The van der Waals surface area contributed by atoms with E-state index in [2.05, 4.69) is 19.3 Å². The number of pyridine rings is 1. The number of aromatic nitrogens is 5. The number of aryl methyl sites for hydroxylation is 1. The lowest BCUT2D eigenvalue weighted by Gasteiger charge is -2.22. The second-order valence-corrected chi connectivity index (χ2v) is 15.7. The summed E-state index contributed by atoms with van der Waals surface area (Å²) in [6.45, 7) is -1.77. The van der Waals surface area contributed by atoms with Gasteiger partial charge in [-0.2, -0.15) is 8.88 Å². The topological polar surface area (TPSA) is 385 Å². The van der Waals surface area contributed by atoms with Crippen LogP contribution in [0.15, 0.2) is 31.1 Å². The van der Waals surface area contributed by atoms with Crippen LogP contribution >= 0.6 is 23.5 Å². The molecule has 10 atom stereocenters. The Morgan fingerprint density at radius 2 is 1.60 bits per heavy atom. The molecule has 3 aromatic heterocycles. The van der Waals surface area contributed by atoms with Crippen molar-refractivity contribution < 1.29 is 90.4 Å². The Labute approximate surface area is 291 Å². The molecule has 2 fully saturated rings. The molecule has 25 nitrogen and oxygen atoms in total. The van der Waals surface area contributed by atoms with Crippen LogP contribution in [0.25, 0.3) is 11.2 Å². The lowest BCUT2D eigenvalue weighted by Crippen LogP contribution is -2.46. The van der Waals surface area contributed by atoms with Gasteiger partial charge in [-0.05, 0) is 25.5 Å². The van der Waals surface area contributed by atoms with Crippen LogP contribution in [0, 0.1) is 0 Å². The van der Waals surface area contributed by atoms with Crippen molar-refractivity contribution >= 4 is 46.4 Å². The van der Waals surface area contributed by atoms with Gasteiger partial charge < -0.3 is 60.9 Å². The number of phosphoric acid groups is 3. The molecule has 5 heterocycles. The maximum atomic E-state index is 12.6. The van der Waals surface area contributed by atoms with Gasteiger partial charge in [0.25, 0.3) is 6.23 Å². The van der Waals surface area contributed by atoms with Gasteiger partial charge in [0, 0.05) is 5.56 Å². The maximum absolute atomic E-state index is 12.6. The van der Waals surface area contributed by atoms with Gasteiger partial charge in [0.15, 0.2) is 36.2 Å². The molecule has 0 bridgehead atoms. The quantitative estimate of drug-likeness (QED) is 0.0532. The van der Waals surface area contributed by atoms with Crippen LogP contribution < -0.4 is 16.0 Å². The zero-order chi connectivity index (χ0) is 38.2. The van der Waals surface area contributed by atoms with E-state index in [9.17, 15) is 58.5 Å². The van der Waals surface area contributed by atoms with Gasteiger partial charge in [-0.1, -0.05) is 0 Å². The van der Waals surface area contributed by atoms with Crippen molar-refractivity contribution in [2.24, 2.45) is 5.73 Å². The van der Waals surface area contributed by atoms with E-state index < -0.39 is 91.7 Å². The first-order valence-corrected chi connectivity index (χ1v) is 19.5. The van der Waals surface area contributed by atoms with Crippen LogP contribution in [0.5, 0.6) is 0 Å². The van der Waals surface area contributed by atoms with Gasteiger partial charge in [0.2, 0.25) is 0 Å². The number of hydrogen-bond donors (Lipinski definition) is 10. The summed E-state index contributed by atoms with van der Waals surface area (Å²) >= 11 is 0. The van der Waals surface area contributed by atoms with Gasteiger partial charge in [0.05, 0.1) is 19.5 Å². The SMILES string of the molecule is NCCCc1cc(C(=O)O)c[n+]([C@H]2O[C@@H](COP(=O)(O)OP(=O)(O)OC[C@H]3O[C@@H](n4cnc5c(N)ncnc54)[C@H](OP(=O)(O)O)[C@@H]3O)[C@H](O)[C@@H]2O)c1. The third-order valence-corrected chi connectivity index (χ3v) is 10.9. The number of aromatic carboxylic acids is 1. The zero-order valence-corrected chi connectivity index (χ0v) is 29.1. The van der Waals surface area contributed by atoms with E-state index in [4.69, 9.17) is 34.5 Å². The van der Waals surface area contributed by atoms with E-state index in [0.717, 1.165) is 23.4 Å². The third-order valence-electron chi connectivity index (χ3n) is 7.73. The highest BCUT2D eigenvalue weighted by Gasteiger charge is 2.51. The number of carboxylic acid groups (broad SMARTS) is 1. The molecule has 12 N–H and O–H groups in total. The fraction of sp³-hybridized carbons (Fsp3) is 0.542. The molecule has 288 valence electrons. The number of hydrogen-bond acceptors (Lipinski definition) is 18. The molecule has 3 aromatic rings. The first kappa shape index (κ1) is 40.3. The number of phosphoric ester groups is 3. The van der Waals surface area contributed by atoms with Crippen molar-refractivity contribution in [1.29, 1.82) is 0 Å². The molecule has 0 aromatic carbocycles. The Hall–Kier alpha value is -2.90. The Morgan fingerprint density at radius 3 is 2.21 bits per heavy atom. The number of ether oxygens (including phenoxy) is 2. The van der Waals surface area contributed by atoms with Crippen LogP contribution in [0.1, 0.15) is 34.8 Å². The number of anilines is 1. The van der Waals surface area contributed by atoms with Crippen molar-refractivity contribution in [2.45, 2.75) is 61.9 Å². The summed E-state index contributed by atoms with van der Waals surface area (Å²) in [4.78, 5) is 62.6. The molecule has 0 amide bonds.